The van der Waals surface area contributed by atoms with Crippen LogP contribution in [-0.4, -0.2) is 34.2 Å². The zero-order valence-electron chi connectivity index (χ0n) is 13.8. The molecule has 0 bridgehead atoms. The van der Waals surface area contributed by atoms with E-state index in [1.165, 1.54) is 17.0 Å². The first-order chi connectivity index (χ1) is 11.4. The number of carbonyl (C=O) groups excluding carboxylic acids is 1. The summed E-state index contributed by atoms with van der Waals surface area (Å²) in [6.45, 7) is 3.80. The van der Waals surface area contributed by atoms with Crippen molar-refractivity contribution in [3.63, 3.8) is 0 Å². The highest BCUT2D eigenvalue weighted by molar-refractivity contribution is 5.94. The highest BCUT2D eigenvalue weighted by atomic mass is 19.2. The molecule has 3 rings (SSSR count). The standard InChI is InChI=1S/C17H19F2N3O2/c1-9-7-12-15(10(2)24-9)20-21-16(12)17(23)22(3)8-11-5-4-6-13(18)14(11)19/h4-6,9-10H,7-8H2,1-3H3,(H,20,21)/t9-,10+/m1/s1. The fourth-order valence-electron chi connectivity index (χ4n) is 3.03. The van der Waals surface area contributed by atoms with E-state index in [2.05, 4.69) is 10.2 Å². The van der Waals surface area contributed by atoms with Crippen LogP contribution in [0.3, 0.4) is 0 Å². The number of aromatic amines is 1. The lowest BCUT2D eigenvalue weighted by atomic mass is 9.99. The molecule has 1 aliphatic rings. The lowest BCUT2D eigenvalue weighted by molar-refractivity contribution is -0.00701. The predicted octanol–water partition coefficient (Wildman–Crippen LogP) is 2.98. The molecule has 0 saturated carbocycles. The molecule has 1 amide bonds. The van der Waals surface area contributed by atoms with Crippen LogP contribution in [0.4, 0.5) is 8.78 Å². The number of nitrogens with zero attached hydrogens (tertiary/aromatic N) is 2. The first-order valence-electron chi connectivity index (χ1n) is 7.79. The van der Waals surface area contributed by atoms with Crippen molar-refractivity contribution in [1.82, 2.24) is 15.1 Å². The third-order valence-corrected chi connectivity index (χ3v) is 4.22. The van der Waals surface area contributed by atoms with Crippen molar-refractivity contribution in [2.45, 2.75) is 39.0 Å². The SMILES string of the molecule is C[C@@H]1Cc2c(C(=O)N(C)Cc3cccc(F)c3F)n[nH]c2[C@H](C)O1. The van der Waals surface area contributed by atoms with E-state index in [1.807, 2.05) is 13.8 Å². The lowest BCUT2D eigenvalue weighted by Gasteiger charge is -2.25. The summed E-state index contributed by atoms with van der Waals surface area (Å²) in [6.07, 6.45) is 0.408. The van der Waals surface area contributed by atoms with Crippen molar-refractivity contribution in [1.29, 1.82) is 0 Å². The second kappa shape index (κ2) is 6.32. The number of rotatable bonds is 3. The number of fused-ring (bicyclic) bond motifs is 1. The third kappa shape index (κ3) is 2.91. The first kappa shape index (κ1) is 16.6. The minimum Gasteiger partial charge on any atom is -0.369 e. The van der Waals surface area contributed by atoms with Gasteiger partial charge in [0, 0.05) is 31.1 Å². The number of hydrogen-bond donors (Lipinski definition) is 1. The maximum atomic E-state index is 13.8. The van der Waals surface area contributed by atoms with Crippen LogP contribution < -0.4 is 0 Å². The number of ether oxygens (including phenoxy) is 1. The lowest BCUT2D eigenvalue weighted by Crippen LogP contribution is -2.29. The molecule has 0 fully saturated rings. The number of nitrogens with one attached hydrogen (secondary N) is 1. The zero-order valence-corrected chi connectivity index (χ0v) is 13.8. The molecule has 2 heterocycles. The van der Waals surface area contributed by atoms with Gasteiger partial charge in [0.15, 0.2) is 17.3 Å². The third-order valence-electron chi connectivity index (χ3n) is 4.22. The number of halogens is 2. The van der Waals surface area contributed by atoms with E-state index in [4.69, 9.17) is 4.74 Å². The molecule has 7 heteroatoms. The Balaban J connectivity index is 1.83. The maximum Gasteiger partial charge on any atom is 0.274 e. The fourth-order valence-corrected chi connectivity index (χ4v) is 3.03. The molecule has 0 spiro atoms. The Morgan fingerprint density at radius 1 is 1.42 bits per heavy atom. The Hall–Kier alpha value is -2.28. The highest BCUT2D eigenvalue weighted by Crippen LogP contribution is 2.30. The Bertz CT molecular complexity index is 775. The van der Waals surface area contributed by atoms with E-state index < -0.39 is 11.6 Å². The average molecular weight is 335 g/mol. The molecule has 5 nitrogen and oxygen atoms in total. The Kier molecular flexibility index (Phi) is 4.36. The van der Waals surface area contributed by atoms with E-state index in [1.54, 1.807) is 7.05 Å². The van der Waals surface area contributed by atoms with Crippen LogP contribution in [0.2, 0.25) is 0 Å². The largest absolute Gasteiger partial charge is 0.369 e. The van der Waals surface area contributed by atoms with Gasteiger partial charge in [0.25, 0.3) is 5.91 Å². The number of H-pyrrole nitrogens is 1. The summed E-state index contributed by atoms with van der Waals surface area (Å²) in [4.78, 5) is 14.0. The van der Waals surface area contributed by atoms with E-state index in [0.29, 0.717) is 12.1 Å². The van der Waals surface area contributed by atoms with Crippen molar-refractivity contribution >= 4 is 5.91 Å². The number of aromatic nitrogens is 2. The topological polar surface area (TPSA) is 58.2 Å². The van der Waals surface area contributed by atoms with Crippen LogP contribution in [0.15, 0.2) is 18.2 Å². The summed E-state index contributed by atoms with van der Waals surface area (Å²) in [7, 11) is 1.54. The second-order valence-electron chi connectivity index (χ2n) is 6.13. The van der Waals surface area contributed by atoms with Crippen LogP contribution in [0.5, 0.6) is 0 Å². The molecule has 0 unspecified atom stereocenters. The minimum absolute atomic E-state index is 0.0115. The van der Waals surface area contributed by atoms with E-state index >= 15 is 0 Å². The highest BCUT2D eigenvalue weighted by Gasteiger charge is 2.30. The molecule has 1 N–H and O–H groups in total. The van der Waals surface area contributed by atoms with Crippen LogP contribution in [0.25, 0.3) is 0 Å². The summed E-state index contributed by atoms with van der Waals surface area (Å²) in [6, 6.07) is 3.93. The Labute approximate surface area is 138 Å². The Morgan fingerprint density at radius 2 is 2.17 bits per heavy atom. The van der Waals surface area contributed by atoms with Gasteiger partial charge in [-0.1, -0.05) is 12.1 Å². The summed E-state index contributed by atoms with van der Waals surface area (Å²) in [5.41, 5.74) is 2.06. The number of carbonyl (C=O) groups is 1. The quantitative estimate of drug-likeness (QED) is 0.938. The predicted molar refractivity (Wildman–Crippen MR) is 83.4 cm³/mol. The minimum atomic E-state index is -0.933. The molecule has 1 aliphatic heterocycles. The summed E-state index contributed by atoms with van der Waals surface area (Å²) >= 11 is 0. The van der Waals surface area contributed by atoms with Crippen molar-refractivity contribution in [3.8, 4) is 0 Å². The van der Waals surface area contributed by atoms with E-state index in [9.17, 15) is 13.6 Å². The van der Waals surface area contributed by atoms with Crippen molar-refractivity contribution in [3.05, 3.63) is 52.3 Å². The van der Waals surface area contributed by atoms with Gasteiger partial charge in [0.05, 0.1) is 17.9 Å². The van der Waals surface area contributed by atoms with Gasteiger partial charge in [-0.15, -0.1) is 0 Å². The average Bonchev–Trinajstić information content (AvgIpc) is 2.95. The van der Waals surface area contributed by atoms with Gasteiger partial charge in [-0.25, -0.2) is 8.78 Å². The maximum absolute atomic E-state index is 13.8. The van der Waals surface area contributed by atoms with Crippen LogP contribution in [0.1, 0.15) is 47.3 Å². The van der Waals surface area contributed by atoms with Gasteiger partial charge in [0.1, 0.15) is 0 Å². The van der Waals surface area contributed by atoms with Gasteiger partial charge in [-0.05, 0) is 19.9 Å². The van der Waals surface area contributed by atoms with Gasteiger partial charge < -0.3 is 9.64 Å². The molecular weight excluding hydrogens is 316 g/mol. The van der Waals surface area contributed by atoms with E-state index in [-0.39, 0.29) is 30.2 Å². The van der Waals surface area contributed by atoms with Crippen molar-refractivity contribution in [2.24, 2.45) is 0 Å². The molecule has 0 radical (unpaired) electrons. The van der Waals surface area contributed by atoms with Crippen LogP contribution in [-0.2, 0) is 17.7 Å². The molecule has 2 atom stereocenters. The number of amides is 1. The fraction of sp³-hybridized carbons (Fsp3) is 0.412. The molecule has 1 aromatic heterocycles. The van der Waals surface area contributed by atoms with Crippen LogP contribution in [0, 0.1) is 11.6 Å². The first-order valence-corrected chi connectivity index (χ1v) is 7.79. The summed E-state index contributed by atoms with van der Waals surface area (Å²) < 4.78 is 32.8. The molecular formula is C17H19F2N3O2. The summed E-state index contributed by atoms with van der Waals surface area (Å²) in [5, 5.41) is 6.98. The molecule has 1 aromatic carbocycles. The molecule has 24 heavy (non-hydrogen) atoms. The van der Waals surface area contributed by atoms with Gasteiger partial charge in [0.2, 0.25) is 0 Å². The smallest absolute Gasteiger partial charge is 0.274 e. The van der Waals surface area contributed by atoms with Gasteiger partial charge in [-0.3, -0.25) is 9.89 Å². The molecule has 0 saturated heterocycles. The number of hydrogen-bond acceptors (Lipinski definition) is 3. The zero-order chi connectivity index (χ0) is 17.4. The van der Waals surface area contributed by atoms with Crippen molar-refractivity contribution in [2.75, 3.05) is 7.05 Å². The summed E-state index contributed by atoms with van der Waals surface area (Å²) in [5.74, 6) is -2.19. The monoisotopic (exact) mass is 335 g/mol. The van der Waals surface area contributed by atoms with Crippen molar-refractivity contribution < 1.29 is 18.3 Å². The Morgan fingerprint density at radius 3 is 2.92 bits per heavy atom. The molecule has 0 aliphatic carbocycles. The van der Waals surface area contributed by atoms with E-state index in [0.717, 1.165) is 17.3 Å². The number of benzene rings is 1. The second-order valence-corrected chi connectivity index (χ2v) is 6.13. The van der Waals surface area contributed by atoms with Crippen LogP contribution >= 0.6 is 0 Å². The molecule has 128 valence electrons. The normalized spacial score (nSPS) is 19.9. The van der Waals surface area contributed by atoms with Gasteiger partial charge >= 0.3 is 0 Å². The van der Waals surface area contributed by atoms with Gasteiger partial charge in [-0.2, -0.15) is 5.10 Å². The molecule has 2 aromatic rings.